The van der Waals surface area contributed by atoms with E-state index >= 15 is 0 Å². The van der Waals surface area contributed by atoms with Crippen LogP contribution in [0.25, 0.3) is 6.08 Å². The second kappa shape index (κ2) is 12.2. The molecule has 202 valence electrons. The van der Waals surface area contributed by atoms with E-state index < -0.39 is 17.8 Å². The predicted octanol–water partition coefficient (Wildman–Crippen LogP) is 6.13. The molecule has 0 aliphatic carbocycles. The molecule has 0 bridgehead atoms. The topological polar surface area (TPSA) is 94.2 Å². The highest BCUT2D eigenvalue weighted by molar-refractivity contribution is 6.39. The molecular weight excluding hydrogens is 543 g/mol. The summed E-state index contributed by atoms with van der Waals surface area (Å²) in [6, 6.07) is 14.2. The fourth-order valence-electron chi connectivity index (χ4n) is 3.83. The fraction of sp³-hybridized carbons (Fsp3) is 0.207. The van der Waals surface area contributed by atoms with Crippen molar-refractivity contribution in [2.75, 3.05) is 24.7 Å². The van der Waals surface area contributed by atoms with E-state index in [-0.39, 0.29) is 29.5 Å². The monoisotopic (exact) mass is 568 g/mol. The van der Waals surface area contributed by atoms with Crippen molar-refractivity contribution in [1.29, 1.82) is 0 Å². The van der Waals surface area contributed by atoms with Gasteiger partial charge in [0.15, 0.2) is 11.5 Å². The first-order valence-electron chi connectivity index (χ1n) is 12.1. The molecule has 4 rings (SSSR count). The SMILES string of the molecule is CCOc1cc(C=C2C(=O)NC(=O)N(c3ccc(Cl)cc3)C2=O)cc(Cl)c1OCCOc1ccc(C)c(C)c1. The van der Waals surface area contributed by atoms with E-state index in [1.807, 2.05) is 32.0 Å². The number of aryl methyl sites for hydroxylation is 2. The number of nitrogens with zero attached hydrogens (tertiary/aromatic N) is 1. The highest BCUT2D eigenvalue weighted by Gasteiger charge is 2.36. The third kappa shape index (κ3) is 6.53. The Kier molecular flexibility index (Phi) is 8.79. The van der Waals surface area contributed by atoms with Crippen LogP contribution in [0.5, 0.6) is 17.2 Å². The zero-order valence-corrected chi connectivity index (χ0v) is 23.1. The van der Waals surface area contributed by atoms with Gasteiger partial charge in [0.25, 0.3) is 11.8 Å². The van der Waals surface area contributed by atoms with Gasteiger partial charge in [-0.05, 0) is 92.1 Å². The Morgan fingerprint density at radius 2 is 1.59 bits per heavy atom. The van der Waals surface area contributed by atoms with Crippen molar-refractivity contribution < 1.29 is 28.6 Å². The minimum absolute atomic E-state index is 0.201. The largest absolute Gasteiger partial charge is 0.490 e. The standard InChI is InChI=1S/C29H26Cl2N2O6/c1-4-37-25-16-19(15-24(31)26(25)39-12-11-38-22-10-5-17(2)18(3)13-22)14-23-27(34)32-29(36)33(28(23)35)21-8-6-20(30)7-9-21/h5-10,13-16H,4,11-12H2,1-3H3,(H,32,34,36). The molecule has 1 aliphatic rings. The summed E-state index contributed by atoms with van der Waals surface area (Å²) in [6.45, 7) is 6.65. The molecule has 1 fully saturated rings. The molecular formula is C29H26Cl2N2O6. The van der Waals surface area contributed by atoms with Crippen LogP contribution >= 0.6 is 23.2 Å². The van der Waals surface area contributed by atoms with Crippen molar-refractivity contribution in [2.45, 2.75) is 20.8 Å². The van der Waals surface area contributed by atoms with E-state index in [9.17, 15) is 14.4 Å². The van der Waals surface area contributed by atoms with Crippen LogP contribution < -0.4 is 24.4 Å². The quantitative estimate of drug-likeness (QED) is 0.189. The number of anilines is 1. The lowest BCUT2D eigenvalue weighted by Crippen LogP contribution is -2.54. The zero-order valence-electron chi connectivity index (χ0n) is 21.5. The number of barbiturate groups is 1. The zero-order chi connectivity index (χ0) is 28.1. The summed E-state index contributed by atoms with van der Waals surface area (Å²) in [7, 11) is 0. The van der Waals surface area contributed by atoms with Gasteiger partial charge in [0.05, 0.1) is 17.3 Å². The van der Waals surface area contributed by atoms with Gasteiger partial charge in [-0.15, -0.1) is 0 Å². The number of ether oxygens (including phenoxy) is 3. The molecule has 1 saturated heterocycles. The van der Waals surface area contributed by atoms with Crippen molar-refractivity contribution in [3.8, 4) is 17.2 Å². The Morgan fingerprint density at radius 3 is 2.28 bits per heavy atom. The van der Waals surface area contributed by atoms with Crippen LogP contribution in [-0.2, 0) is 9.59 Å². The molecule has 10 heteroatoms. The number of benzene rings is 3. The Balaban J connectivity index is 1.54. The summed E-state index contributed by atoms with van der Waals surface area (Å²) in [6.07, 6.45) is 1.34. The van der Waals surface area contributed by atoms with Gasteiger partial charge in [-0.1, -0.05) is 29.3 Å². The first-order chi connectivity index (χ1) is 18.7. The lowest BCUT2D eigenvalue weighted by Gasteiger charge is -2.26. The average Bonchev–Trinajstić information content (AvgIpc) is 2.89. The maximum Gasteiger partial charge on any atom is 0.335 e. The highest BCUT2D eigenvalue weighted by Crippen LogP contribution is 2.37. The molecule has 1 N–H and O–H groups in total. The lowest BCUT2D eigenvalue weighted by atomic mass is 10.1. The van der Waals surface area contributed by atoms with E-state index in [1.165, 1.54) is 35.9 Å². The Bertz CT molecular complexity index is 1450. The minimum Gasteiger partial charge on any atom is -0.490 e. The molecule has 0 saturated carbocycles. The number of amides is 4. The third-order valence-corrected chi connectivity index (χ3v) is 6.44. The number of hydrogen-bond donors (Lipinski definition) is 1. The average molecular weight is 569 g/mol. The second-order valence-corrected chi connectivity index (χ2v) is 9.48. The Morgan fingerprint density at radius 1 is 0.872 bits per heavy atom. The van der Waals surface area contributed by atoms with Gasteiger partial charge in [0.1, 0.15) is 24.5 Å². The summed E-state index contributed by atoms with van der Waals surface area (Å²) in [5, 5.41) is 2.84. The van der Waals surface area contributed by atoms with E-state index in [0.717, 1.165) is 16.2 Å². The van der Waals surface area contributed by atoms with Crippen molar-refractivity contribution in [3.63, 3.8) is 0 Å². The maximum atomic E-state index is 13.2. The van der Waals surface area contributed by atoms with Crippen molar-refractivity contribution in [2.24, 2.45) is 0 Å². The van der Waals surface area contributed by atoms with Gasteiger partial charge >= 0.3 is 6.03 Å². The summed E-state index contributed by atoms with van der Waals surface area (Å²) in [4.78, 5) is 39.0. The van der Waals surface area contributed by atoms with Crippen LogP contribution in [0.1, 0.15) is 23.6 Å². The van der Waals surface area contributed by atoms with E-state index in [2.05, 4.69) is 5.32 Å². The summed E-state index contributed by atoms with van der Waals surface area (Å²) < 4.78 is 17.4. The van der Waals surface area contributed by atoms with Crippen LogP contribution in [-0.4, -0.2) is 37.7 Å². The van der Waals surface area contributed by atoms with Gasteiger partial charge in [-0.2, -0.15) is 0 Å². The van der Waals surface area contributed by atoms with E-state index in [1.54, 1.807) is 19.1 Å². The molecule has 0 aromatic heterocycles. The van der Waals surface area contributed by atoms with Crippen LogP contribution in [0, 0.1) is 13.8 Å². The molecule has 1 aliphatic heterocycles. The first kappa shape index (κ1) is 28.0. The summed E-state index contributed by atoms with van der Waals surface area (Å²) in [5.74, 6) is -0.238. The van der Waals surface area contributed by atoms with Crippen molar-refractivity contribution in [3.05, 3.63) is 86.9 Å². The van der Waals surface area contributed by atoms with Crippen LogP contribution in [0.15, 0.2) is 60.2 Å². The second-order valence-electron chi connectivity index (χ2n) is 8.64. The minimum atomic E-state index is -0.857. The van der Waals surface area contributed by atoms with Gasteiger partial charge in [-0.25, -0.2) is 9.69 Å². The molecule has 8 nitrogen and oxygen atoms in total. The van der Waals surface area contributed by atoms with Crippen molar-refractivity contribution >= 4 is 52.8 Å². The van der Waals surface area contributed by atoms with Crippen LogP contribution in [0.2, 0.25) is 10.0 Å². The highest BCUT2D eigenvalue weighted by atomic mass is 35.5. The molecule has 3 aromatic carbocycles. The van der Waals surface area contributed by atoms with E-state index in [4.69, 9.17) is 37.4 Å². The van der Waals surface area contributed by atoms with Crippen LogP contribution in [0.4, 0.5) is 10.5 Å². The number of imide groups is 2. The molecule has 1 heterocycles. The predicted molar refractivity (Wildman–Crippen MR) is 150 cm³/mol. The van der Waals surface area contributed by atoms with Gasteiger partial charge < -0.3 is 14.2 Å². The lowest BCUT2D eigenvalue weighted by molar-refractivity contribution is -0.122. The number of hydrogen-bond acceptors (Lipinski definition) is 6. The van der Waals surface area contributed by atoms with Gasteiger partial charge in [0.2, 0.25) is 0 Å². The Hall–Kier alpha value is -4.01. The molecule has 4 amide bonds. The number of carbonyl (C=O) groups excluding carboxylic acids is 3. The summed E-state index contributed by atoms with van der Waals surface area (Å²) >= 11 is 12.4. The van der Waals surface area contributed by atoms with E-state index in [0.29, 0.717) is 28.7 Å². The van der Waals surface area contributed by atoms with Gasteiger partial charge in [0, 0.05) is 5.02 Å². The molecule has 3 aromatic rings. The number of carbonyl (C=O) groups is 3. The number of urea groups is 1. The van der Waals surface area contributed by atoms with Crippen molar-refractivity contribution in [1.82, 2.24) is 5.32 Å². The maximum absolute atomic E-state index is 13.2. The summed E-state index contributed by atoms with van der Waals surface area (Å²) in [5.41, 5.74) is 2.73. The molecule has 39 heavy (non-hydrogen) atoms. The molecule has 0 atom stereocenters. The number of halogens is 2. The number of nitrogens with one attached hydrogen (secondary N) is 1. The van der Waals surface area contributed by atoms with Gasteiger partial charge in [-0.3, -0.25) is 14.9 Å². The molecule has 0 spiro atoms. The number of rotatable bonds is 9. The fourth-order valence-corrected chi connectivity index (χ4v) is 4.23. The normalized spacial score (nSPS) is 14.4. The molecule has 0 radical (unpaired) electrons. The molecule has 0 unspecified atom stereocenters. The Labute approximate surface area is 236 Å². The first-order valence-corrected chi connectivity index (χ1v) is 12.9. The van der Waals surface area contributed by atoms with Crippen LogP contribution in [0.3, 0.4) is 0 Å². The third-order valence-electron chi connectivity index (χ3n) is 5.91. The smallest absolute Gasteiger partial charge is 0.335 e.